The number of methoxy groups -OCH3 is 2. The van der Waals surface area contributed by atoms with Crippen LogP contribution >= 0.6 is 11.3 Å². The Morgan fingerprint density at radius 2 is 1.93 bits per heavy atom. The molecule has 3 rings (SSSR count). The molecule has 5 nitrogen and oxygen atoms in total. The normalized spacial score (nSPS) is 11.8. The number of amides is 1. The zero-order valence-electron chi connectivity index (χ0n) is 15.5. The largest absolute Gasteiger partial charge is 0.493 e. The summed E-state index contributed by atoms with van der Waals surface area (Å²) in [5.74, 6) is -1.21. The van der Waals surface area contributed by atoms with E-state index in [2.05, 4.69) is 10.3 Å². The number of hydrogen-bond acceptors (Lipinski definition) is 5. The summed E-state index contributed by atoms with van der Waals surface area (Å²) in [4.78, 5) is 16.9. The second-order valence-corrected chi connectivity index (χ2v) is 6.81. The predicted octanol–water partition coefficient (Wildman–Crippen LogP) is 4.60. The van der Waals surface area contributed by atoms with Gasteiger partial charge in [-0.2, -0.15) is 0 Å². The first-order chi connectivity index (χ1) is 13.4. The molecule has 0 saturated carbocycles. The number of nitrogens with zero attached hydrogens (tertiary/aromatic N) is 1. The number of ether oxygens (including phenoxy) is 2. The van der Waals surface area contributed by atoms with Crippen LogP contribution in [-0.2, 0) is 0 Å². The predicted molar refractivity (Wildman–Crippen MR) is 103 cm³/mol. The molecule has 28 heavy (non-hydrogen) atoms. The summed E-state index contributed by atoms with van der Waals surface area (Å²) in [6.07, 6.45) is 0. The number of rotatable bonds is 6. The number of para-hydroxylation sites is 1. The number of thiazole rings is 1. The van der Waals surface area contributed by atoms with Gasteiger partial charge in [0, 0.05) is 5.38 Å². The van der Waals surface area contributed by atoms with Crippen LogP contribution < -0.4 is 14.8 Å². The van der Waals surface area contributed by atoms with Crippen LogP contribution in [0.15, 0.2) is 41.8 Å². The number of hydrogen-bond donors (Lipinski definition) is 1. The van der Waals surface area contributed by atoms with E-state index in [0.29, 0.717) is 27.6 Å². The molecule has 1 atom stereocenters. The molecule has 0 saturated heterocycles. The van der Waals surface area contributed by atoms with Gasteiger partial charge in [-0.25, -0.2) is 13.8 Å². The Balaban J connectivity index is 1.80. The fourth-order valence-corrected chi connectivity index (χ4v) is 3.51. The van der Waals surface area contributed by atoms with Crippen molar-refractivity contribution in [2.24, 2.45) is 0 Å². The molecule has 0 radical (unpaired) electrons. The molecule has 0 spiro atoms. The molecule has 1 N–H and O–H groups in total. The molecular weight excluding hydrogens is 386 g/mol. The Morgan fingerprint density at radius 3 is 2.61 bits per heavy atom. The van der Waals surface area contributed by atoms with Crippen LogP contribution in [0.1, 0.15) is 29.0 Å². The van der Waals surface area contributed by atoms with Crippen molar-refractivity contribution in [3.8, 4) is 22.1 Å². The monoisotopic (exact) mass is 404 g/mol. The summed E-state index contributed by atoms with van der Waals surface area (Å²) in [7, 11) is 3.08. The van der Waals surface area contributed by atoms with Crippen LogP contribution in [0.3, 0.4) is 0 Å². The second-order valence-electron chi connectivity index (χ2n) is 5.95. The zero-order valence-corrected chi connectivity index (χ0v) is 16.3. The van der Waals surface area contributed by atoms with Crippen LogP contribution in [0.4, 0.5) is 8.78 Å². The number of nitrogens with one attached hydrogen (secondary N) is 1. The van der Waals surface area contributed by atoms with Gasteiger partial charge in [0.2, 0.25) is 0 Å². The van der Waals surface area contributed by atoms with Gasteiger partial charge in [0.25, 0.3) is 5.91 Å². The molecule has 0 bridgehead atoms. The molecule has 0 aliphatic rings. The van der Waals surface area contributed by atoms with E-state index in [1.165, 1.54) is 24.5 Å². The Labute approximate surface area is 164 Å². The number of halogens is 2. The number of carbonyl (C=O) groups excluding carboxylic acids is 1. The maximum atomic E-state index is 13.4. The highest BCUT2D eigenvalue weighted by molar-refractivity contribution is 7.13. The summed E-state index contributed by atoms with van der Waals surface area (Å²) in [5.41, 5.74) is 1.39. The molecule has 0 aliphatic carbocycles. The average molecular weight is 404 g/mol. The van der Waals surface area contributed by atoms with Crippen molar-refractivity contribution in [3.05, 3.63) is 64.7 Å². The van der Waals surface area contributed by atoms with Crippen molar-refractivity contribution in [2.45, 2.75) is 13.0 Å². The first-order valence-electron chi connectivity index (χ1n) is 8.37. The van der Waals surface area contributed by atoms with Crippen LogP contribution in [0.2, 0.25) is 0 Å². The number of benzene rings is 2. The smallest absolute Gasteiger partial charge is 0.271 e. The molecule has 8 heteroatoms. The van der Waals surface area contributed by atoms with Gasteiger partial charge in [0.1, 0.15) is 10.7 Å². The number of aromatic nitrogens is 1. The lowest BCUT2D eigenvalue weighted by Gasteiger charge is -2.13. The maximum Gasteiger partial charge on any atom is 0.271 e. The van der Waals surface area contributed by atoms with Gasteiger partial charge in [-0.05, 0) is 36.8 Å². The van der Waals surface area contributed by atoms with E-state index in [1.54, 1.807) is 25.5 Å². The first kappa shape index (κ1) is 19.8. The third kappa shape index (κ3) is 3.96. The number of carbonyl (C=O) groups is 1. The molecule has 0 fully saturated rings. The third-order valence-corrected chi connectivity index (χ3v) is 5.04. The summed E-state index contributed by atoms with van der Waals surface area (Å²) >= 11 is 1.29. The van der Waals surface area contributed by atoms with E-state index in [9.17, 15) is 13.6 Å². The first-order valence-corrected chi connectivity index (χ1v) is 9.25. The zero-order chi connectivity index (χ0) is 20.3. The van der Waals surface area contributed by atoms with Gasteiger partial charge in [0.15, 0.2) is 23.1 Å². The van der Waals surface area contributed by atoms with Crippen molar-refractivity contribution in [1.29, 1.82) is 0 Å². The van der Waals surface area contributed by atoms with Crippen LogP contribution in [0.5, 0.6) is 11.5 Å². The highest BCUT2D eigenvalue weighted by atomic mass is 32.1. The highest BCUT2D eigenvalue weighted by Gasteiger charge is 2.19. The van der Waals surface area contributed by atoms with Crippen molar-refractivity contribution in [1.82, 2.24) is 10.3 Å². The summed E-state index contributed by atoms with van der Waals surface area (Å²) in [6.45, 7) is 1.68. The lowest BCUT2D eigenvalue weighted by atomic mass is 10.1. The topological polar surface area (TPSA) is 60.5 Å². The molecule has 0 aliphatic heterocycles. The molecule has 3 aromatic rings. The van der Waals surface area contributed by atoms with E-state index in [1.807, 2.05) is 12.1 Å². The Kier molecular flexibility index (Phi) is 5.89. The van der Waals surface area contributed by atoms with E-state index in [4.69, 9.17) is 9.47 Å². The standard InChI is InChI=1S/C20H18F2N2O3S/c1-11(12-7-8-14(21)15(22)9-12)23-19(25)16-10-28-20(24-16)13-5-4-6-17(26-2)18(13)27-3/h4-11H,1-3H3,(H,23,25). The minimum Gasteiger partial charge on any atom is -0.493 e. The molecule has 1 unspecified atom stereocenters. The van der Waals surface area contributed by atoms with Crippen LogP contribution in [0.25, 0.3) is 10.6 Å². The van der Waals surface area contributed by atoms with Gasteiger partial charge in [-0.15, -0.1) is 11.3 Å². The van der Waals surface area contributed by atoms with Gasteiger partial charge < -0.3 is 14.8 Å². The summed E-state index contributed by atoms with van der Waals surface area (Å²) in [6, 6.07) is 8.41. The SMILES string of the molecule is COc1cccc(-c2nc(C(=O)NC(C)c3ccc(F)c(F)c3)cs2)c1OC. The minimum absolute atomic E-state index is 0.222. The van der Waals surface area contributed by atoms with Gasteiger partial charge in [-0.1, -0.05) is 12.1 Å². The fraction of sp³-hybridized carbons (Fsp3) is 0.200. The molecular formula is C20H18F2N2O3S. The van der Waals surface area contributed by atoms with Crippen molar-refractivity contribution in [2.75, 3.05) is 14.2 Å². The maximum absolute atomic E-state index is 13.4. The lowest BCUT2D eigenvalue weighted by Crippen LogP contribution is -2.27. The molecule has 1 heterocycles. The highest BCUT2D eigenvalue weighted by Crippen LogP contribution is 2.39. The van der Waals surface area contributed by atoms with Crippen molar-refractivity contribution in [3.63, 3.8) is 0 Å². The third-order valence-electron chi connectivity index (χ3n) is 4.16. The summed E-state index contributed by atoms with van der Waals surface area (Å²) < 4.78 is 37.2. The molecule has 146 valence electrons. The van der Waals surface area contributed by atoms with E-state index in [0.717, 1.165) is 12.1 Å². The van der Waals surface area contributed by atoms with Crippen molar-refractivity contribution >= 4 is 17.2 Å². The quantitative estimate of drug-likeness (QED) is 0.653. The van der Waals surface area contributed by atoms with Crippen molar-refractivity contribution < 1.29 is 23.0 Å². The van der Waals surface area contributed by atoms with E-state index in [-0.39, 0.29) is 5.69 Å². The molecule has 2 aromatic carbocycles. The Morgan fingerprint density at radius 1 is 1.14 bits per heavy atom. The Hall–Kier alpha value is -3.00. The van der Waals surface area contributed by atoms with Gasteiger partial charge >= 0.3 is 0 Å². The van der Waals surface area contributed by atoms with Crippen LogP contribution in [0, 0.1) is 11.6 Å². The molecule has 1 aromatic heterocycles. The van der Waals surface area contributed by atoms with E-state index >= 15 is 0 Å². The van der Waals surface area contributed by atoms with Gasteiger partial charge in [0.05, 0.1) is 25.8 Å². The lowest BCUT2D eigenvalue weighted by molar-refractivity contribution is 0.0935. The molecule has 1 amide bonds. The Bertz CT molecular complexity index is 1010. The van der Waals surface area contributed by atoms with Gasteiger partial charge in [-0.3, -0.25) is 4.79 Å². The minimum atomic E-state index is -0.959. The van der Waals surface area contributed by atoms with Crippen LogP contribution in [-0.4, -0.2) is 25.1 Å². The summed E-state index contributed by atoms with van der Waals surface area (Å²) in [5, 5.41) is 4.96. The second kappa shape index (κ2) is 8.35. The fourth-order valence-electron chi connectivity index (χ4n) is 2.69. The van der Waals surface area contributed by atoms with E-state index < -0.39 is 23.6 Å². The average Bonchev–Trinajstić information content (AvgIpc) is 3.19.